The molecule has 0 atom stereocenters. The molecule has 17 heavy (non-hydrogen) atoms. The van der Waals surface area contributed by atoms with Crippen molar-refractivity contribution < 1.29 is 9.53 Å². The number of amides is 1. The number of ether oxygens (including phenoxy) is 1. The number of benzene rings is 1. The summed E-state index contributed by atoms with van der Waals surface area (Å²) >= 11 is 1.46. The van der Waals surface area contributed by atoms with Gasteiger partial charge in [-0.25, -0.2) is 4.79 Å². The van der Waals surface area contributed by atoms with Gasteiger partial charge >= 0.3 is 6.09 Å². The lowest BCUT2D eigenvalue weighted by Gasteiger charge is -1.99. The lowest BCUT2D eigenvalue weighted by Crippen LogP contribution is -2.16. The molecule has 0 bridgehead atoms. The van der Waals surface area contributed by atoms with Gasteiger partial charge in [0, 0.05) is 6.54 Å². The molecule has 1 amide bonds. The average Bonchev–Trinajstić information content (AvgIpc) is 2.68. The first-order valence-electron chi connectivity index (χ1n) is 5.08. The van der Waals surface area contributed by atoms with E-state index in [9.17, 15) is 4.79 Å². The Balaban J connectivity index is 2.69. The summed E-state index contributed by atoms with van der Waals surface area (Å²) in [5.74, 6) is 0. The van der Waals surface area contributed by atoms with Crippen LogP contribution in [0.1, 0.15) is 0 Å². The van der Waals surface area contributed by atoms with Gasteiger partial charge in [-0.2, -0.15) is 0 Å². The van der Waals surface area contributed by atoms with Crippen LogP contribution >= 0.6 is 11.3 Å². The number of fused-ring (bicyclic) bond motifs is 1. The summed E-state index contributed by atoms with van der Waals surface area (Å²) in [6, 6.07) is 7.90. The highest BCUT2D eigenvalue weighted by Crippen LogP contribution is 2.16. The molecule has 1 aromatic carbocycles. The van der Waals surface area contributed by atoms with Crippen LogP contribution in [0.3, 0.4) is 0 Å². The molecule has 1 heterocycles. The van der Waals surface area contributed by atoms with Crippen molar-refractivity contribution in [1.82, 2.24) is 4.57 Å². The third-order valence-corrected chi connectivity index (χ3v) is 3.32. The molecule has 0 aliphatic rings. The first kappa shape index (κ1) is 11.6. The minimum absolute atomic E-state index is 0.589. The Morgan fingerprint density at radius 1 is 1.59 bits per heavy atom. The van der Waals surface area contributed by atoms with Gasteiger partial charge in [-0.05, 0) is 12.1 Å². The summed E-state index contributed by atoms with van der Waals surface area (Å²) in [6.45, 7) is 4.32. The Morgan fingerprint density at radius 3 is 3.06 bits per heavy atom. The number of aromatic nitrogens is 1. The van der Waals surface area contributed by atoms with Gasteiger partial charge in [0.25, 0.3) is 0 Å². The summed E-state index contributed by atoms with van der Waals surface area (Å²) in [6.07, 6.45) is 1.18. The summed E-state index contributed by atoms with van der Waals surface area (Å²) in [7, 11) is 1.32. The Labute approximate surface area is 102 Å². The molecule has 4 nitrogen and oxygen atoms in total. The fourth-order valence-electron chi connectivity index (χ4n) is 1.54. The predicted octanol–water partition coefficient (Wildman–Crippen LogP) is 2.56. The molecule has 0 unspecified atom stereocenters. The van der Waals surface area contributed by atoms with Gasteiger partial charge < -0.3 is 9.30 Å². The summed E-state index contributed by atoms with van der Waals surface area (Å²) < 4.78 is 7.56. The van der Waals surface area contributed by atoms with Gasteiger partial charge in [0.15, 0.2) is 4.80 Å². The van der Waals surface area contributed by atoms with Crippen LogP contribution in [0.2, 0.25) is 0 Å². The van der Waals surface area contributed by atoms with Crippen molar-refractivity contribution in [2.45, 2.75) is 6.54 Å². The highest BCUT2D eigenvalue weighted by molar-refractivity contribution is 7.16. The first-order valence-corrected chi connectivity index (χ1v) is 5.90. The van der Waals surface area contributed by atoms with Crippen molar-refractivity contribution in [3.05, 3.63) is 41.7 Å². The Morgan fingerprint density at radius 2 is 2.35 bits per heavy atom. The van der Waals surface area contributed by atoms with E-state index in [1.807, 2.05) is 28.8 Å². The predicted molar refractivity (Wildman–Crippen MR) is 68.0 cm³/mol. The van der Waals surface area contributed by atoms with E-state index in [4.69, 9.17) is 0 Å². The smallest absolute Gasteiger partial charge is 0.436 e. The molecule has 0 spiro atoms. The van der Waals surface area contributed by atoms with Gasteiger partial charge in [-0.3, -0.25) is 0 Å². The molecule has 5 heteroatoms. The second-order valence-corrected chi connectivity index (χ2v) is 4.34. The Kier molecular flexibility index (Phi) is 3.39. The van der Waals surface area contributed by atoms with Crippen LogP contribution in [-0.4, -0.2) is 17.8 Å². The fourth-order valence-corrected chi connectivity index (χ4v) is 2.56. The minimum atomic E-state index is -0.589. The number of hydrogen-bond acceptors (Lipinski definition) is 3. The van der Waals surface area contributed by atoms with Gasteiger partial charge in [0.05, 0.1) is 17.3 Å². The molecule has 88 valence electrons. The molecule has 0 saturated carbocycles. The van der Waals surface area contributed by atoms with Crippen LogP contribution in [0, 0.1) is 0 Å². The van der Waals surface area contributed by atoms with Crippen molar-refractivity contribution in [1.29, 1.82) is 0 Å². The second kappa shape index (κ2) is 4.97. The molecular formula is C12H12N2O2S. The van der Waals surface area contributed by atoms with Crippen molar-refractivity contribution in [3.63, 3.8) is 0 Å². The molecule has 0 aliphatic heterocycles. The quantitative estimate of drug-likeness (QED) is 0.767. The third-order valence-electron chi connectivity index (χ3n) is 2.26. The van der Waals surface area contributed by atoms with E-state index in [1.165, 1.54) is 18.4 Å². The monoisotopic (exact) mass is 248 g/mol. The average molecular weight is 248 g/mol. The maximum absolute atomic E-state index is 11.2. The van der Waals surface area contributed by atoms with E-state index in [1.54, 1.807) is 6.08 Å². The van der Waals surface area contributed by atoms with Crippen molar-refractivity contribution in [2.24, 2.45) is 4.99 Å². The van der Waals surface area contributed by atoms with Crippen molar-refractivity contribution in [2.75, 3.05) is 7.11 Å². The van der Waals surface area contributed by atoms with E-state index in [0.29, 0.717) is 11.3 Å². The number of methoxy groups -OCH3 is 1. The standard InChI is InChI=1S/C12H12N2O2S/c1-3-8-14-9-6-4-5-7-10(9)17-11(14)13-12(15)16-2/h3-7H,1,8H2,2H3. The third kappa shape index (κ3) is 2.29. The number of carbonyl (C=O) groups excluding carboxylic acids is 1. The molecule has 0 N–H and O–H groups in total. The molecular weight excluding hydrogens is 236 g/mol. The second-order valence-electron chi connectivity index (χ2n) is 3.33. The Hall–Kier alpha value is -1.88. The first-order chi connectivity index (χ1) is 8.26. The molecule has 2 rings (SSSR count). The lowest BCUT2D eigenvalue weighted by atomic mass is 10.3. The number of carbonyl (C=O) groups is 1. The minimum Gasteiger partial charge on any atom is -0.451 e. The van der Waals surface area contributed by atoms with Crippen molar-refractivity contribution in [3.8, 4) is 0 Å². The van der Waals surface area contributed by atoms with E-state index < -0.39 is 6.09 Å². The number of hydrogen-bond donors (Lipinski definition) is 0. The maximum atomic E-state index is 11.2. The van der Waals surface area contributed by atoms with E-state index in [-0.39, 0.29) is 0 Å². The van der Waals surface area contributed by atoms with Gasteiger partial charge in [-0.15, -0.1) is 11.6 Å². The van der Waals surface area contributed by atoms with Crippen LogP contribution in [0.5, 0.6) is 0 Å². The summed E-state index contributed by atoms with van der Waals surface area (Å²) in [5.41, 5.74) is 1.04. The van der Waals surface area contributed by atoms with Crippen LogP contribution in [0.4, 0.5) is 4.79 Å². The van der Waals surface area contributed by atoms with Gasteiger partial charge in [0.1, 0.15) is 0 Å². The zero-order valence-corrected chi connectivity index (χ0v) is 10.2. The lowest BCUT2D eigenvalue weighted by molar-refractivity contribution is 0.181. The highest BCUT2D eigenvalue weighted by atomic mass is 32.1. The van der Waals surface area contributed by atoms with Gasteiger partial charge in [0.2, 0.25) is 0 Å². The number of allylic oxidation sites excluding steroid dienone is 1. The van der Waals surface area contributed by atoms with Crippen LogP contribution in [0.25, 0.3) is 10.2 Å². The largest absolute Gasteiger partial charge is 0.451 e. The zero-order valence-electron chi connectivity index (χ0n) is 9.42. The molecule has 0 radical (unpaired) electrons. The van der Waals surface area contributed by atoms with E-state index in [2.05, 4.69) is 16.3 Å². The van der Waals surface area contributed by atoms with Crippen molar-refractivity contribution >= 4 is 27.6 Å². The Bertz CT molecular complexity index is 625. The van der Waals surface area contributed by atoms with Gasteiger partial charge in [-0.1, -0.05) is 29.5 Å². The summed E-state index contributed by atoms with van der Waals surface area (Å²) in [4.78, 5) is 15.7. The van der Waals surface area contributed by atoms with Crippen LogP contribution in [-0.2, 0) is 11.3 Å². The highest BCUT2D eigenvalue weighted by Gasteiger charge is 2.05. The number of para-hydroxylation sites is 1. The molecule has 0 aliphatic carbocycles. The number of thiazole rings is 1. The number of rotatable bonds is 2. The molecule has 0 fully saturated rings. The van der Waals surface area contributed by atoms with E-state index in [0.717, 1.165) is 10.2 Å². The number of nitrogens with zero attached hydrogens (tertiary/aromatic N) is 2. The normalized spacial score (nSPS) is 11.7. The van der Waals surface area contributed by atoms with Crippen LogP contribution < -0.4 is 4.80 Å². The SMILES string of the molecule is C=CCn1c(=NC(=O)OC)sc2ccccc21. The molecule has 2 aromatic rings. The summed E-state index contributed by atoms with van der Waals surface area (Å²) in [5, 5.41) is 0. The van der Waals surface area contributed by atoms with E-state index >= 15 is 0 Å². The van der Waals surface area contributed by atoms with Crippen LogP contribution in [0.15, 0.2) is 41.9 Å². The zero-order chi connectivity index (χ0) is 12.3. The topological polar surface area (TPSA) is 43.6 Å². The molecule has 1 aromatic heterocycles. The maximum Gasteiger partial charge on any atom is 0.436 e. The molecule has 0 saturated heterocycles. The fraction of sp³-hybridized carbons (Fsp3) is 0.167.